The van der Waals surface area contributed by atoms with E-state index in [1.807, 2.05) is 0 Å². The molecule has 2 aromatic carbocycles. The average molecular weight is 504 g/mol. The quantitative estimate of drug-likeness (QED) is 0.454. The molecule has 10 heteroatoms. The van der Waals surface area contributed by atoms with Crippen molar-refractivity contribution in [2.24, 2.45) is 11.3 Å². The molecule has 0 bridgehead atoms. The maximum absolute atomic E-state index is 13.3. The predicted octanol–water partition coefficient (Wildman–Crippen LogP) is 6.29. The van der Waals surface area contributed by atoms with Crippen LogP contribution < -0.4 is 10.6 Å². The highest BCUT2D eigenvalue weighted by Crippen LogP contribution is 2.41. The van der Waals surface area contributed by atoms with Crippen LogP contribution in [0.15, 0.2) is 42.5 Å². The lowest BCUT2D eigenvalue weighted by molar-refractivity contribution is -0.143. The molecule has 0 aromatic heterocycles. The van der Waals surface area contributed by atoms with Crippen LogP contribution in [-0.4, -0.2) is 19.0 Å². The third-order valence-electron chi connectivity index (χ3n) is 6.85. The molecule has 3 nitrogen and oxygen atoms in total. The first-order valence-corrected chi connectivity index (χ1v) is 11.3. The summed E-state index contributed by atoms with van der Waals surface area (Å²) in [5, 5.41) is 5.85. The Morgan fingerprint density at radius 3 is 1.94 bits per heavy atom. The largest absolute Gasteiger partial charge is 0.416 e. The number of rotatable bonds is 6. The fourth-order valence-electron chi connectivity index (χ4n) is 4.63. The summed E-state index contributed by atoms with van der Waals surface area (Å²) in [6, 6.07) is 6.20. The number of hydrogen-bond acceptors (Lipinski definition) is 2. The van der Waals surface area contributed by atoms with Crippen molar-refractivity contribution >= 4 is 5.91 Å². The Morgan fingerprint density at radius 2 is 1.46 bits per heavy atom. The molecule has 1 aliphatic heterocycles. The minimum atomic E-state index is -4.97. The van der Waals surface area contributed by atoms with Gasteiger partial charge < -0.3 is 10.6 Å². The second kappa shape index (κ2) is 10.2. The number of piperidine rings is 1. The van der Waals surface area contributed by atoms with E-state index in [-0.39, 0.29) is 17.4 Å². The second-order valence-electron chi connectivity index (χ2n) is 9.21. The van der Waals surface area contributed by atoms with Crippen molar-refractivity contribution in [3.63, 3.8) is 0 Å². The maximum Gasteiger partial charge on any atom is 0.416 e. The maximum atomic E-state index is 13.3. The Kier molecular flexibility index (Phi) is 7.83. The molecule has 0 aliphatic carbocycles. The third-order valence-corrected chi connectivity index (χ3v) is 6.85. The van der Waals surface area contributed by atoms with Gasteiger partial charge >= 0.3 is 12.4 Å². The van der Waals surface area contributed by atoms with E-state index in [0.717, 1.165) is 5.56 Å². The van der Waals surface area contributed by atoms with Crippen LogP contribution in [0.1, 0.15) is 55.0 Å². The first-order chi connectivity index (χ1) is 16.2. The van der Waals surface area contributed by atoms with E-state index in [2.05, 4.69) is 10.6 Å². The summed E-state index contributed by atoms with van der Waals surface area (Å²) >= 11 is 0. The van der Waals surface area contributed by atoms with Crippen LogP contribution in [0, 0.1) is 17.2 Å². The summed E-state index contributed by atoms with van der Waals surface area (Å²) in [5.41, 5.74) is -2.80. The molecule has 2 atom stereocenters. The number of nitrogens with one attached hydrogen (secondary N) is 2. The van der Waals surface area contributed by atoms with Crippen molar-refractivity contribution in [1.29, 1.82) is 0 Å². The first-order valence-electron chi connectivity index (χ1n) is 11.3. The highest BCUT2D eigenvalue weighted by molar-refractivity contribution is 5.79. The molecule has 1 amide bonds. The van der Waals surface area contributed by atoms with Gasteiger partial charge in [-0.15, -0.1) is 0 Å². The van der Waals surface area contributed by atoms with E-state index in [1.54, 1.807) is 19.1 Å². The SMILES string of the molecule is CC(NC(=O)C(C)C1(Cc2ccc(F)cc2)CCNCC1)c1cc(C(F)(F)F)cc(C(F)(F)F)c1. The van der Waals surface area contributed by atoms with Crippen molar-refractivity contribution in [3.05, 3.63) is 70.5 Å². The van der Waals surface area contributed by atoms with Gasteiger partial charge in [-0.05, 0) is 86.1 Å². The van der Waals surface area contributed by atoms with Gasteiger partial charge in [0.15, 0.2) is 0 Å². The molecule has 1 fully saturated rings. The molecule has 2 unspecified atom stereocenters. The number of carbonyl (C=O) groups is 1. The third kappa shape index (κ3) is 6.54. The molecule has 0 saturated carbocycles. The van der Waals surface area contributed by atoms with Gasteiger partial charge in [0.05, 0.1) is 17.2 Å². The number of alkyl halides is 6. The summed E-state index contributed by atoms with van der Waals surface area (Å²) in [6.07, 6.45) is -8.19. The molecule has 2 aromatic rings. The number of carbonyl (C=O) groups excluding carboxylic acids is 1. The van der Waals surface area contributed by atoms with Crippen LogP contribution in [0.2, 0.25) is 0 Å². The monoisotopic (exact) mass is 504 g/mol. The standard InChI is InChI=1S/C25H27F7N2O/c1-15(23(7-9-33-10-8-23)14-17-3-5-21(26)6-4-17)22(35)34-16(2)18-11-19(24(27,28)29)13-20(12-18)25(30,31)32/h3-6,11-13,15-16,33H,7-10,14H2,1-2H3,(H,34,35). The number of halogens is 7. The molecular formula is C25H27F7N2O. The van der Waals surface area contributed by atoms with Gasteiger partial charge in [0.1, 0.15) is 5.82 Å². The van der Waals surface area contributed by atoms with Crippen molar-refractivity contribution in [2.45, 2.75) is 51.5 Å². The summed E-state index contributed by atoms with van der Waals surface area (Å²) in [5.74, 6) is -1.44. The van der Waals surface area contributed by atoms with E-state index in [9.17, 15) is 35.5 Å². The lowest BCUT2D eigenvalue weighted by Crippen LogP contribution is -2.48. The lowest BCUT2D eigenvalue weighted by atomic mass is 9.66. The van der Waals surface area contributed by atoms with Crippen molar-refractivity contribution in [1.82, 2.24) is 10.6 Å². The molecule has 3 rings (SSSR count). The topological polar surface area (TPSA) is 41.1 Å². The van der Waals surface area contributed by atoms with Crippen LogP contribution in [0.25, 0.3) is 0 Å². The zero-order valence-electron chi connectivity index (χ0n) is 19.3. The normalized spacial score (nSPS) is 18.1. The van der Waals surface area contributed by atoms with Crippen molar-refractivity contribution < 1.29 is 35.5 Å². The summed E-state index contributed by atoms with van der Waals surface area (Å²) < 4.78 is 92.7. The van der Waals surface area contributed by atoms with Gasteiger partial charge in [-0.2, -0.15) is 26.3 Å². The average Bonchev–Trinajstić information content (AvgIpc) is 2.79. The molecule has 2 N–H and O–H groups in total. The van der Waals surface area contributed by atoms with E-state index in [4.69, 9.17) is 0 Å². The fourth-order valence-corrected chi connectivity index (χ4v) is 4.63. The van der Waals surface area contributed by atoms with E-state index >= 15 is 0 Å². The van der Waals surface area contributed by atoms with Crippen molar-refractivity contribution in [3.8, 4) is 0 Å². The van der Waals surface area contributed by atoms with Crippen LogP contribution in [-0.2, 0) is 23.6 Å². The Balaban J connectivity index is 1.85. The van der Waals surface area contributed by atoms with Gasteiger partial charge in [0.25, 0.3) is 0 Å². The summed E-state index contributed by atoms with van der Waals surface area (Å²) in [6.45, 7) is 4.37. The summed E-state index contributed by atoms with van der Waals surface area (Å²) in [4.78, 5) is 13.2. The zero-order chi connectivity index (χ0) is 26.0. The van der Waals surface area contributed by atoms with Gasteiger partial charge in [0.2, 0.25) is 5.91 Å². The second-order valence-corrected chi connectivity index (χ2v) is 9.21. The van der Waals surface area contributed by atoms with Crippen LogP contribution in [0.5, 0.6) is 0 Å². The Labute approximate surface area is 199 Å². The molecule has 1 saturated heterocycles. The molecule has 1 aliphatic rings. The highest BCUT2D eigenvalue weighted by atomic mass is 19.4. The summed E-state index contributed by atoms with van der Waals surface area (Å²) in [7, 11) is 0. The number of hydrogen-bond donors (Lipinski definition) is 2. The van der Waals surface area contributed by atoms with Gasteiger partial charge in [0, 0.05) is 5.92 Å². The highest BCUT2D eigenvalue weighted by Gasteiger charge is 2.42. The van der Waals surface area contributed by atoms with E-state index < -0.39 is 46.8 Å². The zero-order valence-corrected chi connectivity index (χ0v) is 19.3. The van der Waals surface area contributed by atoms with Crippen LogP contribution >= 0.6 is 0 Å². The smallest absolute Gasteiger partial charge is 0.349 e. The van der Waals surface area contributed by atoms with Gasteiger partial charge in [-0.25, -0.2) is 4.39 Å². The Hall–Kier alpha value is -2.62. The van der Waals surface area contributed by atoms with Gasteiger partial charge in [-0.1, -0.05) is 19.1 Å². The first kappa shape index (κ1) is 27.0. The molecule has 0 spiro atoms. The fraction of sp³-hybridized carbons (Fsp3) is 0.480. The molecular weight excluding hydrogens is 477 g/mol. The Morgan fingerprint density at radius 1 is 0.943 bits per heavy atom. The van der Waals surface area contributed by atoms with Crippen LogP contribution in [0.4, 0.5) is 30.7 Å². The minimum absolute atomic E-state index is 0.0629. The molecule has 1 heterocycles. The number of amides is 1. The minimum Gasteiger partial charge on any atom is -0.349 e. The lowest BCUT2D eigenvalue weighted by Gasteiger charge is -2.42. The number of benzene rings is 2. The molecule has 0 radical (unpaired) electrons. The van der Waals surface area contributed by atoms with E-state index in [1.165, 1.54) is 19.1 Å². The van der Waals surface area contributed by atoms with Crippen LogP contribution in [0.3, 0.4) is 0 Å². The van der Waals surface area contributed by atoms with Crippen molar-refractivity contribution in [2.75, 3.05) is 13.1 Å². The molecule has 35 heavy (non-hydrogen) atoms. The predicted molar refractivity (Wildman–Crippen MR) is 117 cm³/mol. The molecule has 192 valence electrons. The van der Waals surface area contributed by atoms with Gasteiger partial charge in [-0.3, -0.25) is 4.79 Å². The van der Waals surface area contributed by atoms with E-state index in [0.29, 0.717) is 44.5 Å². The Bertz CT molecular complexity index is 993.